The van der Waals surface area contributed by atoms with Crippen molar-refractivity contribution in [1.82, 2.24) is 0 Å². The number of rotatable bonds is 2. The maximum atomic E-state index is 12.4. The Bertz CT molecular complexity index is 3210. The molecule has 102 heavy (non-hydrogen) atoms. The number of Topliss-reactive ketones (excluding diaryl/α,β-unsaturated/α-hetero) is 4. The quantitative estimate of drug-likeness (QED) is 0.0950. The van der Waals surface area contributed by atoms with E-state index in [0.29, 0.717) is 68.6 Å². The second-order valence-corrected chi connectivity index (χ2v) is 41.8. The normalized spacial score (nSPS) is 48.0. The average molecular weight is 1480 g/mol. The summed E-state index contributed by atoms with van der Waals surface area (Å²) in [6.45, 7) is 23.7. The predicted molar refractivity (Wildman–Crippen MR) is 403 cm³/mol. The minimum Gasteiger partial charge on any atom is -0.393 e. The van der Waals surface area contributed by atoms with Crippen molar-refractivity contribution < 1.29 is 68.0 Å². The molecule has 1 aromatic rings. The van der Waals surface area contributed by atoms with Gasteiger partial charge in [-0.15, -0.1) is 12.4 Å². The standard InChI is InChI=1S/C20H32O.C19H29N3O.C19H31NO.C19H30O2.C7H7ClO2S.ClH.N3.Na/c1-13-8-10-19(2)14(12-13)4-5-15-16-6-7-18(21)20(16,3)11-9-17(15)19;1-18-9-7-13(21-22-20)11-12(18)3-4-14-15-5-6-17(23)19(15,2)10-8-16(14)18;2*1-18-9-7-13(20)11-12(18)3-4-14-15-5-6-17(21)19(15,2)10-8-16(14)18;1-6-2-4-7(5-3-6)11(8,9)10;;1-3-2;/h13-17H,4-12H2,1-3H3;12-16H,3-11H2,1-2H3;12-16H,3-11,20H2,1-2H3;12-16,20H,3-11H2,1-2H3;2-5H,1H3;1H;;/q;;;;;;-1;+1/p+1/t13-,14-,15-,16-,17-,19-,20-;2*12-,13+,14-,15-,16-,18-,19-;12-,13-,14-,15-,16-,18-,19-;;;;/m0000..../s1. The molecule has 18 heteroatoms. The number of nitrogens with zero attached hydrogens (tertiary/aromatic N) is 6. The van der Waals surface area contributed by atoms with E-state index in [0.717, 1.165) is 165 Å². The van der Waals surface area contributed by atoms with Gasteiger partial charge in [0.25, 0.3) is 9.05 Å². The first-order valence-corrected chi connectivity index (χ1v) is 43.2. The van der Waals surface area contributed by atoms with Crippen LogP contribution in [-0.4, -0.2) is 54.8 Å². The van der Waals surface area contributed by atoms with Gasteiger partial charge in [0.15, 0.2) is 0 Å². The first-order chi connectivity index (χ1) is 47.2. The van der Waals surface area contributed by atoms with Crippen molar-refractivity contribution in [2.75, 3.05) is 0 Å². The molecule has 0 saturated heterocycles. The maximum Gasteiger partial charge on any atom is 1.00 e. The average Bonchev–Trinajstić information content (AvgIpc) is 1.35. The largest absolute Gasteiger partial charge is 1.00 e. The molecule has 0 aliphatic heterocycles. The van der Waals surface area contributed by atoms with Crippen LogP contribution in [0.1, 0.15) is 299 Å². The van der Waals surface area contributed by atoms with Gasteiger partial charge in [-0.1, -0.05) is 91.5 Å². The predicted octanol–water partition coefficient (Wildman–Crippen LogP) is 17.9. The van der Waals surface area contributed by atoms with Gasteiger partial charge in [0.2, 0.25) is 0 Å². The summed E-state index contributed by atoms with van der Waals surface area (Å²) in [5.41, 5.74) is 29.7. The summed E-state index contributed by atoms with van der Waals surface area (Å²) < 4.78 is 21.4. The number of carbonyl (C=O) groups is 4. The fourth-order valence-electron chi connectivity index (χ4n) is 29.3. The molecule has 1 aromatic carbocycles. The van der Waals surface area contributed by atoms with Gasteiger partial charge in [-0.25, -0.2) is 8.42 Å². The molecule has 0 unspecified atom stereocenters. The zero-order valence-corrected chi connectivity index (χ0v) is 69.2. The van der Waals surface area contributed by atoms with Crippen LogP contribution in [0.15, 0.2) is 34.3 Å². The van der Waals surface area contributed by atoms with Crippen LogP contribution in [0.5, 0.6) is 0 Å². The van der Waals surface area contributed by atoms with Crippen molar-refractivity contribution >= 4 is 55.3 Å². The van der Waals surface area contributed by atoms with Crippen molar-refractivity contribution in [3.8, 4) is 0 Å². The number of fused-ring (bicyclic) bond motifs is 20. The number of hydrogen-bond donors (Lipinski definition) is 2. The molecule has 16 aliphatic rings. The number of aryl methyl sites for hydroxylation is 1. The number of aliphatic hydroxyl groups is 1. The minimum absolute atomic E-state index is 0. The molecule has 0 amide bonds. The Balaban J connectivity index is 0.000000137. The van der Waals surface area contributed by atoms with E-state index in [9.17, 15) is 32.7 Å². The minimum atomic E-state index is -3.55. The van der Waals surface area contributed by atoms with Gasteiger partial charge in [-0.2, -0.15) is 0 Å². The Labute approximate surface area is 647 Å². The van der Waals surface area contributed by atoms with Crippen LogP contribution in [0.2, 0.25) is 0 Å². The number of carbonyl (C=O) groups excluding carboxylic acids is 4. The van der Waals surface area contributed by atoms with Gasteiger partial charge in [-0.3, -0.25) is 24.1 Å². The Morgan fingerprint density at radius 2 is 0.775 bits per heavy atom. The third-order valence-electron chi connectivity index (χ3n) is 35.3. The van der Waals surface area contributed by atoms with E-state index in [1.165, 1.54) is 171 Å². The van der Waals surface area contributed by atoms with Gasteiger partial charge in [0, 0.05) is 75.4 Å². The molecule has 0 spiro atoms. The molecule has 0 aromatic heterocycles. The monoisotopic (exact) mass is 1470 g/mol. The number of hydrogen-bond acceptors (Lipinski definition) is 8. The number of aliphatic hydroxyl groups excluding tert-OH is 1. The zero-order chi connectivity index (χ0) is 71.9. The van der Waals surface area contributed by atoms with E-state index in [1.807, 2.05) is 6.92 Å². The number of benzene rings is 1. The molecule has 0 radical (unpaired) electrons. The summed E-state index contributed by atoms with van der Waals surface area (Å²) in [7, 11) is 1.54. The van der Waals surface area contributed by atoms with Crippen LogP contribution in [0.3, 0.4) is 0 Å². The number of ketones is 4. The summed E-state index contributed by atoms with van der Waals surface area (Å²) in [5, 5.41) is 14.1. The van der Waals surface area contributed by atoms with Crippen molar-refractivity contribution in [2.45, 2.75) is 323 Å². The fourth-order valence-corrected chi connectivity index (χ4v) is 30.0. The number of quaternary nitrogens is 1. The summed E-state index contributed by atoms with van der Waals surface area (Å²) in [6, 6.07) is 7.29. The van der Waals surface area contributed by atoms with Crippen LogP contribution in [0, 0.1) is 151 Å². The van der Waals surface area contributed by atoms with Crippen LogP contribution < -0.4 is 35.3 Å². The van der Waals surface area contributed by atoms with Gasteiger partial charge >= 0.3 is 29.6 Å². The zero-order valence-electron chi connectivity index (χ0n) is 64.8. The van der Waals surface area contributed by atoms with Gasteiger partial charge in [0.05, 0.1) is 17.0 Å². The summed E-state index contributed by atoms with van der Waals surface area (Å²) in [5.74, 6) is 16.0. The topological polar surface area (TPSA) is 258 Å². The van der Waals surface area contributed by atoms with E-state index in [1.54, 1.807) is 12.1 Å². The van der Waals surface area contributed by atoms with Gasteiger partial charge < -0.3 is 21.9 Å². The first kappa shape index (κ1) is 82.5. The third kappa shape index (κ3) is 14.9. The van der Waals surface area contributed by atoms with Crippen LogP contribution in [0.25, 0.3) is 26.4 Å². The maximum absolute atomic E-state index is 12.4. The number of azide groups is 1. The first-order valence-electron chi connectivity index (χ1n) is 40.9. The van der Waals surface area contributed by atoms with E-state index in [4.69, 9.17) is 27.3 Å². The van der Waals surface area contributed by atoms with Gasteiger partial charge in [0.1, 0.15) is 23.1 Å². The third-order valence-corrected chi connectivity index (χ3v) is 36.7. The fraction of sp³-hybridized carbons (Fsp3) is 0.881. The summed E-state index contributed by atoms with van der Waals surface area (Å²) >= 11 is 0. The molecule has 16 fully saturated rings. The molecular weight excluding hydrogens is 1340 g/mol. The molecule has 14 nitrogen and oxygen atoms in total. The Morgan fingerprint density at radius 1 is 0.451 bits per heavy atom. The van der Waals surface area contributed by atoms with Crippen molar-refractivity contribution in [3.63, 3.8) is 0 Å². The van der Waals surface area contributed by atoms with Crippen LogP contribution in [-0.2, 0) is 28.2 Å². The van der Waals surface area contributed by atoms with E-state index in [2.05, 4.69) is 78.1 Å². The summed E-state index contributed by atoms with van der Waals surface area (Å²) in [6.07, 6.45) is 43.7. The van der Waals surface area contributed by atoms with Gasteiger partial charge in [-0.05, 0) is 339 Å². The Hall–Kier alpha value is -2.03. The van der Waals surface area contributed by atoms with E-state index in [-0.39, 0.29) is 80.7 Å². The molecule has 0 bridgehead atoms. The second-order valence-electron chi connectivity index (χ2n) is 39.2. The molecule has 17 rings (SSSR count). The molecule has 0 heterocycles. The molecule has 564 valence electrons. The van der Waals surface area contributed by atoms with Crippen LogP contribution in [0.4, 0.5) is 0 Å². The SMILES string of the molecule is C[C@H]1CC[C@@]2(C)[C@@H](CC[C@@H]3[C@@H]2CC[C@]2(C)C(=O)CC[C@@H]32)C1.C[C@]12CC[C@@H](N=[N+]=[N-])C[C@@H]1CC[C@@H]1[C@@H]2CC[C@]2(C)C(=O)CC[C@@H]12.C[C@]12CC[C@@H]([NH3+])C[C@@H]1CC[C@@H]1[C@@H]2CC[C@]2(C)C(=O)CC[C@@H]12.C[C@]12CC[C@H](O)C[C@@H]1CC[C@@H]1[C@@H]2CC[C@]2(C)C(=O)CC[C@@H]12.Cc1ccc(S(=O)(=O)Cl)cc1.Cl.[N-]=[N+]=[N-].[Na+]. The van der Waals surface area contributed by atoms with Crippen molar-refractivity contribution in [1.29, 1.82) is 0 Å². The molecule has 16 aliphatic carbocycles. The Kier molecular flexibility index (Phi) is 25.7. The van der Waals surface area contributed by atoms with E-state index < -0.39 is 9.05 Å². The Morgan fingerprint density at radius 3 is 1.14 bits per heavy atom. The van der Waals surface area contributed by atoms with E-state index >= 15 is 0 Å². The molecule has 4 N–H and O–H groups in total. The number of halogens is 2. The smallest absolute Gasteiger partial charge is 0.393 e. The second kappa shape index (κ2) is 31.8. The summed E-state index contributed by atoms with van der Waals surface area (Å²) in [4.78, 5) is 54.3. The van der Waals surface area contributed by atoms with Crippen molar-refractivity contribution in [3.05, 3.63) is 56.2 Å². The van der Waals surface area contributed by atoms with Crippen LogP contribution >= 0.6 is 23.1 Å². The molecule has 16 saturated carbocycles. The molecule has 28 atom stereocenters. The molecular formula is C84H131Cl2N7NaO7S+. The van der Waals surface area contributed by atoms with Crippen molar-refractivity contribution in [2.24, 2.45) is 149 Å².